The molecule has 13 heavy (non-hydrogen) atoms. The minimum absolute atomic E-state index is 0.299. The third-order valence-electron chi connectivity index (χ3n) is 1.89. The van der Waals surface area contributed by atoms with E-state index in [2.05, 4.69) is 11.3 Å². The van der Waals surface area contributed by atoms with Crippen LogP contribution in [0.3, 0.4) is 0 Å². The van der Waals surface area contributed by atoms with Gasteiger partial charge in [-0.1, -0.05) is 13.0 Å². The van der Waals surface area contributed by atoms with Gasteiger partial charge in [0.15, 0.2) is 0 Å². The second-order valence-corrected chi connectivity index (χ2v) is 5.26. The fraction of sp³-hybridized carbons (Fsp3) is 0.778. The lowest BCUT2D eigenvalue weighted by molar-refractivity contribution is 0.561. The number of allylic oxidation sites excluding steroid dienone is 1. The Hall–Kier alpha value is -0.350. The molecule has 0 aliphatic rings. The minimum atomic E-state index is -3.08. The normalized spacial score (nSPS) is 14.0. The highest BCUT2D eigenvalue weighted by atomic mass is 32.2. The molecular formula is C9H19NO2S. The van der Waals surface area contributed by atoms with Crippen LogP contribution in [0, 0.1) is 0 Å². The van der Waals surface area contributed by atoms with E-state index >= 15 is 0 Å². The van der Waals surface area contributed by atoms with Crippen molar-refractivity contribution in [1.82, 2.24) is 4.72 Å². The highest BCUT2D eigenvalue weighted by Crippen LogP contribution is 2.08. The predicted molar refractivity (Wildman–Crippen MR) is 56.1 cm³/mol. The Bertz CT molecular complexity index is 234. The highest BCUT2D eigenvalue weighted by Gasteiger charge is 2.18. The van der Waals surface area contributed by atoms with E-state index in [0.29, 0.717) is 13.0 Å². The van der Waals surface area contributed by atoms with Crippen LogP contribution in [0.5, 0.6) is 0 Å². The summed E-state index contributed by atoms with van der Waals surface area (Å²) in [4.78, 5) is 0. The highest BCUT2D eigenvalue weighted by molar-refractivity contribution is 7.90. The maximum Gasteiger partial charge on any atom is 0.214 e. The van der Waals surface area contributed by atoms with E-state index < -0.39 is 10.0 Å². The molecule has 0 amide bonds. The van der Waals surface area contributed by atoms with E-state index in [9.17, 15) is 8.42 Å². The summed E-state index contributed by atoms with van der Waals surface area (Å²) in [5.41, 5.74) is 0. The van der Waals surface area contributed by atoms with Gasteiger partial charge in [0.25, 0.3) is 0 Å². The largest absolute Gasteiger partial charge is 0.215 e. The van der Waals surface area contributed by atoms with Crippen LogP contribution >= 0.6 is 0 Å². The molecule has 0 bridgehead atoms. The topological polar surface area (TPSA) is 46.2 Å². The molecule has 1 atom stereocenters. The Morgan fingerprint density at radius 3 is 2.62 bits per heavy atom. The van der Waals surface area contributed by atoms with Gasteiger partial charge in [-0.3, -0.25) is 0 Å². The van der Waals surface area contributed by atoms with Gasteiger partial charge in [0.2, 0.25) is 10.0 Å². The van der Waals surface area contributed by atoms with Gasteiger partial charge in [-0.05, 0) is 26.2 Å². The monoisotopic (exact) mass is 205 g/mol. The molecule has 1 unspecified atom stereocenters. The molecule has 0 saturated carbocycles. The molecule has 0 aromatic heterocycles. The molecule has 78 valence electrons. The van der Waals surface area contributed by atoms with Crippen LogP contribution in [0.1, 0.15) is 33.1 Å². The van der Waals surface area contributed by atoms with E-state index in [0.717, 1.165) is 12.8 Å². The van der Waals surface area contributed by atoms with Crippen molar-refractivity contribution >= 4 is 10.0 Å². The Morgan fingerprint density at radius 1 is 1.54 bits per heavy atom. The summed E-state index contributed by atoms with van der Waals surface area (Å²) in [6, 6.07) is 0. The van der Waals surface area contributed by atoms with Crippen LogP contribution in [0.2, 0.25) is 0 Å². The van der Waals surface area contributed by atoms with Crippen molar-refractivity contribution in [3.63, 3.8) is 0 Å². The van der Waals surface area contributed by atoms with Crippen LogP contribution in [0.25, 0.3) is 0 Å². The van der Waals surface area contributed by atoms with E-state index in [4.69, 9.17) is 0 Å². The number of rotatable bonds is 7. The van der Waals surface area contributed by atoms with Gasteiger partial charge in [-0.25, -0.2) is 13.1 Å². The number of unbranched alkanes of at least 4 members (excludes halogenated alkanes) is 1. The maximum absolute atomic E-state index is 11.4. The molecule has 0 fully saturated rings. The van der Waals surface area contributed by atoms with Crippen LogP contribution in [0.4, 0.5) is 0 Å². The molecule has 4 heteroatoms. The van der Waals surface area contributed by atoms with Crippen molar-refractivity contribution < 1.29 is 8.42 Å². The van der Waals surface area contributed by atoms with Gasteiger partial charge in [0, 0.05) is 6.54 Å². The van der Waals surface area contributed by atoms with Crippen LogP contribution in [-0.2, 0) is 10.0 Å². The fourth-order valence-corrected chi connectivity index (χ4v) is 2.21. The second kappa shape index (κ2) is 6.16. The van der Waals surface area contributed by atoms with Crippen molar-refractivity contribution in [3.05, 3.63) is 12.7 Å². The molecule has 0 aliphatic heterocycles. The molecule has 0 aliphatic carbocycles. The summed E-state index contributed by atoms with van der Waals surface area (Å²) in [6.45, 7) is 7.58. The van der Waals surface area contributed by atoms with Gasteiger partial charge in [-0.15, -0.1) is 6.58 Å². The van der Waals surface area contributed by atoms with Crippen molar-refractivity contribution in [2.24, 2.45) is 0 Å². The average Bonchev–Trinajstić information content (AvgIpc) is 2.04. The maximum atomic E-state index is 11.4. The average molecular weight is 205 g/mol. The first-order chi connectivity index (χ1) is 6.04. The standard InChI is InChI=1S/C9H19NO2S/c1-4-6-7-8-9(3)13(11,12)10-5-2/h4,9-10H,1,5-8H2,2-3H3. The molecule has 0 aromatic rings. The molecule has 0 spiro atoms. The van der Waals surface area contributed by atoms with Crippen LogP contribution in [0.15, 0.2) is 12.7 Å². The number of nitrogens with one attached hydrogen (secondary N) is 1. The number of hydrogen-bond acceptors (Lipinski definition) is 2. The summed E-state index contributed by atoms with van der Waals surface area (Å²) in [6.07, 6.45) is 4.27. The Labute approximate surface area is 81.3 Å². The van der Waals surface area contributed by atoms with E-state index in [1.165, 1.54) is 0 Å². The molecular weight excluding hydrogens is 186 g/mol. The first-order valence-corrected chi connectivity index (χ1v) is 6.18. The zero-order valence-electron chi connectivity index (χ0n) is 8.41. The van der Waals surface area contributed by atoms with Crippen molar-refractivity contribution in [2.45, 2.75) is 38.4 Å². The van der Waals surface area contributed by atoms with Gasteiger partial charge < -0.3 is 0 Å². The summed E-state index contributed by atoms with van der Waals surface area (Å²) in [5.74, 6) is 0. The smallest absolute Gasteiger partial charge is 0.214 e. The van der Waals surface area contributed by atoms with Crippen molar-refractivity contribution in [2.75, 3.05) is 6.54 Å². The van der Waals surface area contributed by atoms with Crippen molar-refractivity contribution in [1.29, 1.82) is 0 Å². The first-order valence-electron chi connectivity index (χ1n) is 4.64. The molecule has 0 saturated heterocycles. The van der Waals surface area contributed by atoms with Crippen LogP contribution in [-0.4, -0.2) is 20.2 Å². The first kappa shape index (κ1) is 12.7. The third kappa shape index (κ3) is 5.05. The molecule has 3 nitrogen and oxygen atoms in total. The second-order valence-electron chi connectivity index (χ2n) is 3.07. The summed E-state index contributed by atoms with van der Waals surface area (Å²) >= 11 is 0. The lowest BCUT2D eigenvalue weighted by Gasteiger charge is -2.11. The van der Waals surface area contributed by atoms with E-state index in [1.54, 1.807) is 13.8 Å². The van der Waals surface area contributed by atoms with Crippen molar-refractivity contribution in [3.8, 4) is 0 Å². The van der Waals surface area contributed by atoms with E-state index in [-0.39, 0.29) is 5.25 Å². The fourth-order valence-electron chi connectivity index (χ4n) is 1.05. The molecule has 0 aromatic carbocycles. The van der Waals surface area contributed by atoms with Gasteiger partial charge in [0.1, 0.15) is 0 Å². The van der Waals surface area contributed by atoms with E-state index in [1.807, 2.05) is 6.08 Å². The molecule has 0 radical (unpaired) electrons. The summed E-state index contributed by atoms with van der Waals surface area (Å²) in [7, 11) is -3.08. The summed E-state index contributed by atoms with van der Waals surface area (Å²) < 4.78 is 25.3. The number of sulfonamides is 1. The number of hydrogen-bond donors (Lipinski definition) is 1. The van der Waals surface area contributed by atoms with Gasteiger partial charge in [-0.2, -0.15) is 0 Å². The quantitative estimate of drug-likeness (QED) is 0.507. The lowest BCUT2D eigenvalue weighted by atomic mass is 10.2. The zero-order valence-corrected chi connectivity index (χ0v) is 9.23. The SMILES string of the molecule is C=CCCCC(C)S(=O)(=O)NCC. The predicted octanol–water partition coefficient (Wildman–Crippen LogP) is 1.67. The lowest BCUT2D eigenvalue weighted by Crippen LogP contribution is -2.32. The Balaban J connectivity index is 3.94. The minimum Gasteiger partial charge on any atom is -0.215 e. The third-order valence-corrected chi connectivity index (χ3v) is 3.88. The summed E-state index contributed by atoms with van der Waals surface area (Å²) in [5, 5.41) is -0.299. The molecule has 0 rings (SSSR count). The molecule has 1 N–H and O–H groups in total. The van der Waals surface area contributed by atoms with Gasteiger partial charge in [0.05, 0.1) is 5.25 Å². The van der Waals surface area contributed by atoms with Crippen LogP contribution < -0.4 is 4.72 Å². The Morgan fingerprint density at radius 2 is 2.15 bits per heavy atom. The molecule has 0 heterocycles. The zero-order chi connectivity index (χ0) is 10.3. The van der Waals surface area contributed by atoms with Gasteiger partial charge >= 0.3 is 0 Å². The Kier molecular flexibility index (Phi) is 5.99.